The Kier molecular flexibility index (Phi) is 10.0. The quantitative estimate of drug-likeness (QED) is 0.105. The second kappa shape index (κ2) is 14.1. The van der Waals surface area contributed by atoms with Crippen molar-refractivity contribution in [3.8, 4) is 5.75 Å². The Hall–Kier alpha value is -4.11. The van der Waals surface area contributed by atoms with E-state index >= 15 is 0 Å². The molecule has 0 unspecified atom stereocenters. The van der Waals surface area contributed by atoms with Gasteiger partial charge in [0.2, 0.25) is 0 Å². The van der Waals surface area contributed by atoms with Gasteiger partial charge in [-0.25, -0.2) is 19.3 Å². The molecule has 1 aliphatic rings. The number of carbonyl (C=O) groups excluding carboxylic acids is 1. The number of nitrogens with one attached hydrogen (secondary N) is 1. The topological polar surface area (TPSA) is 154 Å². The van der Waals surface area contributed by atoms with E-state index < -0.39 is 12.2 Å². The lowest BCUT2D eigenvalue weighted by Crippen LogP contribution is -2.45. The molecular weight excluding hydrogens is 608 g/mol. The molecule has 1 saturated heterocycles. The number of morpholine rings is 1. The molecule has 13 nitrogen and oxygen atoms in total. The molecule has 1 amide bonds. The van der Waals surface area contributed by atoms with Crippen LogP contribution in [0.5, 0.6) is 5.75 Å². The van der Waals surface area contributed by atoms with E-state index in [1.54, 1.807) is 25.3 Å². The van der Waals surface area contributed by atoms with Crippen LogP contribution in [0.3, 0.4) is 0 Å². The van der Waals surface area contributed by atoms with Gasteiger partial charge in [-0.1, -0.05) is 23.7 Å². The fraction of sp³-hybridized carbons (Fsp3) is 0.345. The molecule has 1 aliphatic heterocycles. The molecule has 232 valence electrons. The fourth-order valence-electron chi connectivity index (χ4n) is 4.90. The van der Waals surface area contributed by atoms with Crippen molar-refractivity contribution in [2.24, 2.45) is 5.73 Å². The van der Waals surface area contributed by atoms with Crippen LogP contribution in [0.4, 0.5) is 21.9 Å². The first-order chi connectivity index (χ1) is 21.2. The minimum Gasteiger partial charge on any atom is -0.497 e. The first-order valence-corrected chi connectivity index (χ1v) is 15.4. The Morgan fingerprint density at radius 3 is 2.68 bits per heavy atom. The van der Waals surface area contributed by atoms with Crippen LogP contribution >= 0.6 is 23.4 Å². The standard InChI is InChI=1S/C29H33ClN8O5S/c1-35(15-19-3-5-23(42-2)6-4-19)24-14-25(30)33-28-27(24)32-18-37(28)29(39)34-26(31)17-44-16-20-11-21(13-22(12-20)38(40)41)36-7-9-43-10-8-36/h3-6,11-14,18,26H,7-10,15-17,31H2,1-2H3,(H,34,39)/t26-/m0/s1. The lowest BCUT2D eigenvalue weighted by molar-refractivity contribution is -0.384. The van der Waals surface area contributed by atoms with Crippen LogP contribution in [0.25, 0.3) is 11.2 Å². The maximum atomic E-state index is 13.2. The van der Waals surface area contributed by atoms with Crippen molar-refractivity contribution in [2.75, 3.05) is 56.0 Å². The number of halogens is 1. The molecule has 0 radical (unpaired) electrons. The zero-order chi connectivity index (χ0) is 31.2. The number of pyridine rings is 1. The summed E-state index contributed by atoms with van der Waals surface area (Å²) in [6.45, 7) is 3.08. The first kappa shape index (κ1) is 31.3. The predicted molar refractivity (Wildman–Crippen MR) is 172 cm³/mol. The van der Waals surface area contributed by atoms with Gasteiger partial charge in [-0.05, 0) is 29.3 Å². The molecule has 0 saturated carbocycles. The van der Waals surface area contributed by atoms with E-state index in [4.69, 9.17) is 26.8 Å². The number of amides is 1. The summed E-state index contributed by atoms with van der Waals surface area (Å²) in [5.74, 6) is 1.63. The van der Waals surface area contributed by atoms with Crippen LogP contribution in [0.2, 0.25) is 5.15 Å². The number of aromatic nitrogens is 3. The van der Waals surface area contributed by atoms with Crippen molar-refractivity contribution < 1.29 is 19.2 Å². The third-order valence-electron chi connectivity index (χ3n) is 7.09. The summed E-state index contributed by atoms with van der Waals surface area (Å²) < 4.78 is 11.9. The number of rotatable bonds is 11. The second-order valence-corrected chi connectivity index (χ2v) is 11.7. The molecule has 5 rings (SSSR count). The summed E-state index contributed by atoms with van der Waals surface area (Å²) in [5.41, 5.74) is 10.5. The zero-order valence-corrected chi connectivity index (χ0v) is 25.9. The van der Waals surface area contributed by atoms with Crippen LogP contribution in [0.15, 0.2) is 54.9 Å². The number of hydrogen-bond donors (Lipinski definition) is 2. The highest BCUT2D eigenvalue weighted by Gasteiger charge is 2.20. The van der Waals surface area contributed by atoms with Gasteiger partial charge in [0.15, 0.2) is 5.65 Å². The third kappa shape index (κ3) is 7.50. The number of carbonyl (C=O) groups is 1. The number of nitrogens with zero attached hydrogens (tertiary/aromatic N) is 6. The average Bonchev–Trinajstić information content (AvgIpc) is 3.45. The van der Waals surface area contributed by atoms with Gasteiger partial charge < -0.3 is 30.3 Å². The molecule has 0 bridgehead atoms. The zero-order valence-electron chi connectivity index (χ0n) is 24.3. The molecule has 44 heavy (non-hydrogen) atoms. The highest BCUT2D eigenvalue weighted by atomic mass is 35.5. The molecule has 0 spiro atoms. The number of hydrogen-bond acceptors (Lipinski definition) is 11. The van der Waals surface area contributed by atoms with E-state index in [1.165, 1.54) is 22.7 Å². The van der Waals surface area contributed by atoms with E-state index in [2.05, 4.69) is 20.2 Å². The van der Waals surface area contributed by atoms with E-state index in [-0.39, 0.29) is 15.8 Å². The lowest BCUT2D eigenvalue weighted by Gasteiger charge is -2.29. The molecular formula is C29H33ClN8O5S. The number of nitro groups is 1. The number of fused-ring (bicyclic) bond motifs is 1. The molecule has 2 aromatic carbocycles. The van der Waals surface area contributed by atoms with Gasteiger partial charge >= 0.3 is 6.03 Å². The summed E-state index contributed by atoms with van der Waals surface area (Å²) in [5, 5.41) is 14.5. The molecule has 0 aliphatic carbocycles. The van der Waals surface area contributed by atoms with Gasteiger partial charge in [-0.15, -0.1) is 0 Å². The van der Waals surface area contributed by atoms with E-state index in [9.17, 15) is 14.9 Å². The lowest BCUT2D eigenvalue weighted by atomic mass is 10.1. The van der Waals surface area contributed by atoms with Crippen LogP contribution in [-0.2, 0) is 17.0 Å². The van der Waals surface area contributed by atoms with Gasteiger partial charge in [-0.2, -0.15) is 11.8 Å². The Balaban J connectivity index is 1.22. The SMILES string of the molecule is COc1ccc(CN(C)c2cc(Cl)nc3c2ncn3C(=O)N[C@H](N)CSCc2cc(N3CCOCC3)cc([N+](=O)[O-])c2)cc1. The first-order valence-electron chi connectivity index (χ1n) is 13.8. The number of methoxy groups -OCH3 is 1. The van der Waals surface area contributed by atoms with E-state index in [0.717, 1.165) is 28.3 Å². The summed E-state index contributed by atoms with van der Waals surface area (Å²) >= 11 is 7.82. The summed E-state index contributed by atoms with van der Waals surface area (Å²) in [6.07, 6.45) is 0.697. The highest BCUT2D eigenvalue weighted by molar-refractivity contribution is 7.98. The van der Waals surface area contributed by atoms with Crippen LogP contribution in [0, 0.1) is 10.1 Å². The largest absolute Gasteiger partial charge is 0.497 e. The monoisotopic (exact) mass is 640 g/mol. The van der Waals surface area contributed by atoms with Crippen molar-refractivity contribution >= 4 is 57.6 Å². The van der Waals surface area contributed by atoms with E-state index in [0.29, 0.717) is 55.5 Å². The minimum absolute atomic E-state index is 0.0364. The molecule has 2 aromatic heterocycles. The van der Waals surface area contributed by atoms with Crippen LogP contribution < -0.4 is 25.6 Å². The summed E-state index contributed by atoms with van der Waals surface area (Å²) in [6, 6.07) is 14.1. The van der Waals surface area contributed by atoms with Gasteiger partial charge in [0.1, 0.15) is 22.7 Å². The fourth-order valence-corrected chi connectivity index (χ4v) is 5.94. The second-order valence-electron chi connectivity index (χ2n) is 10.2. The number of nitro benzene ring substituents is 1. The Morgan fingerprint density at radius 1 is 1.23 bits per heavy atom. The summed E-state index contributed by atoms with van der Waals surface area (Å²) in [4.78, 5) is 37.2. The van der Waals surface area contributed by atoms with Crippen molar-refractivity contribution in [3.63, 3.8) is 0 Å². The Morgan fingerprint density at radius 2 is 1.98 bits per heavy atom. The number of imidazole rings is 1. The number of ether oxygens (including phenoxy) is 2. The highest BCUT2D eigenvalue weighted by Crippen LogP contribution is 2.29. The molecule has 1 atom stereocenters. The molecule has 3 N–H and O–H groups in total. The third-order valence-corrected chi connectivity index (χ3v) is 8.41. The average molecular weight is 641 g/mol. The summed E-state index contributed by atoms with van der Waals surface area (Å²) in [7, 11) is 3.53. The molecule has 15 heteroatoms. The van der Waals surface area contributed by atoms with Crippen LogP contribution in [0.1, 0.15) is 11.1 Å². The van der Waals surface area contributed by atoms with Gasteiger partial charge in [0.05, 0.1) is 37.1 Å². The number of nitrogens with two attached hydrogens (primary N) is 1. The van der Waals surface area contributed by atoms with Gasteiger partial charge in [0, 0.05) is 62.1 Å². The van der Waals surface area contributed by atoms with Crippen molar-refractivity contribution in [3.05, 3.63) is 81.3 Å². The molecule has 1 fully saturated rings. The van der Waals surface area contributed by atoms with Crippen molar-refractivity contribution in [1.29, 1.82) is 0 Å². The number of benzene rings is 2. The maximum Gasteiger partial charge on any atom is 0.329 e. The number of thioether (sulfide) groups is 1. The Bertz CT molecular complexity index is 1630. The van der Waals surface area contributed by atoms with E-state index in [1.807, 2.05) is 42.3 Å². The molecule has 4 aromatic rings. The minimum atomic E-state index is -0.696. The predicted octanol–water partition coefficient (Wildman–Crippen LogP) is 4.25. The Labute approximate surface area is 263 Å². The van der Waals surface area contributed by atoms with Gasteiger partial charge in [-0.3, -0.25) is 10.1 Å². The van der Waals surface area contributed by atoms with Gasteiger partial charge in [0.25, 0.3) is 5.69 Å². The number of non-ortho nitro benzene ring substituents is 1. The van der Waals surface area contributed by atoms with Crippen LogP contribution in [-0.4, -0.2) is 77.9 Å². The normalized spacial score (nSPS) is 14.0. The molecule has 3 heterocycles. The van der Waals surface area contributed by atoms with Crippen molar-refractivity contribution in [1.82, 2.24) is 19.9 Å². The smallest absolute Gasteiger partial charge is 0.329 e. The number of anilines is 2. The maximum absolute atomic E-state index is 13.2. The van der Waals surface area contributed by atoms with Crippen molar-refractivity contribution in [2.45, 2.75) is 18.5 Å².